The number of pyridine rings is 1. The van der Waals surface area contributed by atoms with Crippen molar-refractivity contribution in [3.05, 3.63) is 112 Å². The van der Waals surface area contributed by atoms with Crippen LogP contribution in [0.5, 0.6) is 5.75 Å². The Hall–Kier alpha value is -4.24. The van der Waals surface area contributed by atoms with E-state index in [4.69, 9.17) is 17.0 Å². The molecule has 0 amide bonds. The number of thiocarbonyl (C=S) groups is 1. The number of para-hydroxylation sites is 1. The molecule has 5 rings (SSSR count). The van der Waals surface area contributed by atoms with E-state index in [1.165, 1.54) is 19.2 Å². The lowest BCUT2D eigenvalue weighted by molar-refractivity contribution is -0.384. The van der Waals surface area contributed by atoms with Crippen molar-refractivity contribution < 1.29 is 9.66 Å². The van der Waals surface area contributed by atoms with E-state index < -0.39 is 4.92 Å². The van der Waals surface area contributed by atoms with Gasteiger partial charge in [-0.3, -0.25) is 15.1 Å². The number of non-ortho nitro benzene ring substituents is 1. The van der Waals surface area contributed by atoms with Crippen LogP contribution in [-0.4, -0.2) is 26.7 Å². The van der Waals surface area contributed by atoms with Gasteiger partial charge in [0.2, 0.25) is 0 Å². The van der Waals surface area contributed by atoms with Crippen molar-refractivity contribution >= 4 is 28.7 Å². The van der Waals surface area contributed by atoms with Crippen molar-refractivity contribution in [1.82, 2.24) is 14.9 Å². The van der Waals surface area contributed by atoms with Crippen LogP contribution in [0, 0.1) is 24.0 Å². The van der Waals surface area contributed by atoms with Crippen LogP contribution in [-0.2, 0) is 0 Å². The number of hydrogen-bond acceptors (Lipinski definition) is 5. The minimum atomic E-state index is -0.423. The number of nitro groups is 1. The molecule has 0 saturated carbocycles. The first-order valence-corrected chi connectivity index (χ1v) is 11.9. The van der Waals surface area contributed by atoms with E-state index in [2.05, 4.69) is 25.8 Å². The summed E-state index contributed by atoms with van der Waals surface area (Å²) in [5, 5.41) is 15.4. The summed E-state index contributed by atoms with van der Waals surface area (Å²) in [5.41, 5.74) is 5.61. The molecule has 0 aliphatic carbocycles. The Kier molecular flexibility index (Phi) is 6.15. The molecule has 4 aromatic rings. The summed E-state index contributed by atoms with van der Waals surface area (Å²) in [6, 6.07) is 22.4. The molecule has 8 nitrogen and oxygen atoms in total. The zero-order valence-electron chi connectivity index (χ0n) is 20.1. The Morgan fingerprint density at radius 2 is 1.81 bits per heavy atom. The molecule has 0 unspecified atom stereocenters. The fourth-order valence-electron chi connectivity index (χ4n) is 4.96. The maximum atomic E-state index is 11.3. The highest BCUT2D eigenvalue weighted by Gasteiger charge is 2.42. The third-order valence-electron chi connectivity index (χ3n) is 6.54. The summed E-state index contributed by atoms with van der Waals surface area (Å²) < 4.78 is 7.62. The molecule has 1 aliphatic heterocycles. The maximum Gasteiger partial charge on any atom is 0.273 e. The predicted molar refractivity (Wildman–Crippen MR) is 143 cm³/mol. The molecule has 0 radical (unpaired) electrons. The lowest BCUT2D eigenvalue weighted by atomic mass is 9.96. The molecule has 2 aromatic carbocycles. The van der Waals surface area contributed by atoms with Crippen LogP contribution in [0.15, 0.2) is 79.0 Å². The number of hydrogen-bond donors (Lipinski definition) is 1. The van der Waals surface area contributed by atoms with E-state index in [-0.39, 0.29) is 17.8 Å². The number of rotatable bonds is 6. The first-order valence-electron chi connectivity index (χ1n) is 11.5. The Morgan fingerprint density at radius 3 is 2.47 bits per heavy atom. The SMILES string of the molecule is COc1cc([N+](=O)[O-])ccc1-n1c(C)cc([C@H]2[C@@H](c3ccccn3)NC(=S)N2c2ccccc2)c1C. The average molecular weight is 500 g/mol. The largest absolute Gasteiger partial charge is 0.494 e. The minimum Gasteiger partial charge on any atom is -0.494 e. The fraction of sp³-hybridized carbons (Fsp3) is 0.185. The first-order chi connectivity index (χ1) is 17.4. The predicted octanol–water partition coefficient (Wildman–Crippen LogP) is 5.58. The van der Waals surface area contributed by atoms with Crippen LogP contribution in [0.25, 0.3) is 5.69 Å². The maximum absolute atomic E-state index is 11.3. The van der Waals surface area contributed by atoms with E-state index >= 15 is 0 Å². The van der Waals surface area contributed by atoms with Crippen LogP contribution < -0.4 is 15.0 Å². The molecule has 1 N–H and O–H groups in total. The van der Waals surface area contributed by atoms with E-state index in [0.29, 0.717) is 10.9 Å². The quantitative estimate of drug-likeness (QED) is 0.210. The minimum absolute atomic E-state index is 0.0194. The third kappa shape index (κ3) is 3.97. The van der Waals surface area contributed by atoms with Crippen molar-refractivity contribution in [2.45, 2.75) is 25.9 Å². The summed E-state index contributed by atoms with van der Waals surface area (Å²) in [5.74, 6) is 0.429. The molecule has 1 fully saturated rings. The van der Waals surface area contributed by atoms with Gasteiger partial charge < -0.3 is 19.5 Å². The second-order valence-electron chi connectivity index (χ2n) is 8.61. The van der Waals surface area contributed by atoms with E-state index in [1.807, 2.05) is 62.4 Å². The molecule has 0 spiro atoms. The zero-order valence-corrected chi connectivity index (χ0v) is 20.9. The van der Waals surface area contributed by atoms with E-state index in [9.17, 15) is 10.1 Å². The van der Waals surface area contributed by atoms with Gasteiger partial charge in [-0.15, -0.1) is 0 Å². The molecular weight excluding hydrogens is 474 g/mol. The normalized spacial score (nSPS) is 17.2. The summed E-state index contributed by atoms with van der Waals surface area (Å²) in [7, 11) is 1.52. The molecule has 9 heteroatoms. The van der Waals surface area contributed by atoms with Gasteiger partial charge in [-0.25, -0.2) is 0 Å². The smallest absolute Gasteiger partial charge is 0.273 e. The second-order valence-corrected chi connectivity index (χ2v) is 8.99. The molecule has 36 heavy (non-hydrogen) atoms. The highest BCUT2D eigenvalue weighted by atomic mass is 32.1. The van der Waals surface area contributed by atoms with Gasteiger partial charge in [-0.1, -0.05) is 24.3 Å². The van der Waals surface area contributed by atoms with Gasteiger partial charge in [0.15, 0.2) is 5.11 Å². The Bertz CT molecular complexity index is 1440. The number of anilines is 1. The number of aryl methyl sites for hydroxylation is 1. The number of nitrogens with zero attached hydrogens (tertiary/aromatic N) is 4. The summed E-state index contributed by atoms with van der Waals surface area (Å²) in [6.45, 7) is 4.06. The second kappa shape index (κ2) is 9.43. The highest BCUT2D eigenvalue weighted by Crippen LogP contribution is 2.44. The van der Waals surface area contributed by atoms with Gasteiger partial charge in [0.25, 0.3) is 5.69 Å². The summed E-state index contributed by atoms with van der Waals surface area (Å²) in [4.78, 5) is 17.7. The molecule has 1 saturated heterocycles. The van der Waals surface area contributed by atoms with E-state index in [1.54, 1.807) is 12.3 Å². The monoisotopic (exact) mass is 499 g/mol. The van der Waals surface area contributed by atoms with Gasteiger partial charge in [0, 0.05) is 29.3 Å². The number of nitro benzene ring substituents is 1. The fourth-order valence-corrected chi connectivity index (χ4v) is 5.31. The number of benzene rings is 2. The molecule has 1 aliphatic rings. The van der Waals surface area contributed by atoms with Gasteiger partial charge in [-0.05, 0) is 68.0 Å². The Labute approximate surface area is 214 Å². The molecule has 2 atom stereocenters. The summed E-state index contributed by atoms with van der Waals surface area (Å²) in [6.07, 6.45) is 1.79. The third-order valence-corrected chi connectivity index (χ3v) is 6.85. The zero-order chi connectivity index (χ0) is 25.4. The highest BCUT2D eigenvalue weighted by molar-refractivity contribution is 7.80. The summed E-state index contributed by atoms with van der Waals surface area (Å²) >= 11 is 5.83. The van der Waals surface area contributed by atoms with Crippen molar-refractivity contribution in [2.75, 3.05) is 12.0 Å². The number of ether oxygens (including phenoxy) is 1. The molecule has 182 valence electrons. The standard InChI is InChI=1S/C27H25N5O3S/c1-17-15-21(18(2)30(17)23-13-12-20(32(33)34)16-24(23)35-3)26-25(22-11-7-8-14-28-22)29-27(36)31(26)19-9-5-4-6-10-19/h4-16,25-26H,1-3H3,(H,29,36)/t25-,26+/m1/s1. The van der Waals surface area contributed by atoms with Crippen LogP contribution >= 0.6 is 12.2 Å². The first kappa shape index (κ1) is 23.5. The van der Waals surface area contributed by atoms with E-state index in [0.717, 1.165) is 34.0 Å². The average Bonchev–Trinajstić information content (AvgIpc) is 3.39. The molecule has 3 heterocycles. The van der Waals surface area contributed by atoms with Crippen molar-refractivity contribution in [3.8, 4) is 11.4 Å². The van der Waals surface area contributed by atoms with Crippen molar-refractivity contribution in [2.24, 2.45) is 0 Å². The molecular formula is C27H25N5O3S. The number of nitrogens with one attached hydrogen (secondary N) is 1. The molecule has 0 bridgehead atoms. The van der Waals surface area contributed by atoms with Gasteiger partial charge in [-0.2, -0.15) is 0 Å². The van der Waals surface area contributed by atoms with Gasteiger partial charge >= 0.3 is 0 Å². The lowest BCUT2D eigenvalue weighted by Crippen LogP contribution is -2.29. The van der Waals surface area contributed by atoms with Gasteiger partial charge in [0.05, 0.1) is 41.6 Å². The lowest BCUT2D eigenvalue weighted by Gasteiger charge is -2.28. The topological polar surface area (TPSA) is 85.5 Å². The van der Waals surface area contributed by atoms with Crippen molar-refractivity contribution in [1.29, 1.82) is 0 Å². The van der Waals surface area contributed by atoms with Crippen LogP contribution in [0.3, 0.4) is 0 Å². The van der Waals surface area contributed by atoms with Crippen LogP contribution in [0.2, 0.25) is 0 Å². The Balaban J connectivity index is 1.68. The molecule has 2 aromatic heterocycles. The Morgan fingerprint density at radius 1 is 1.06 bits per heavy atom. The van der Waals surface area contributed by atoms with Gasteiger partial charge in [0.1, 0.15) is 5.75 Å². The van der Waals surface area contributed by atoms with Crippen LogP contribution in [0.4, 0.5) is 11.4 Å². The van der Waals surface area contributed by atoms with Crippen molar-refractivity contribution in [3.63, 3.8) is 0 Å². The number of methoxy groups -OCH3 is 1. The number of aromatic nitrogens is 2. The van der Waals surface area contributed by atoms with Crippen LogP contribution in [0.1, 0.15) is 34.7 Å².